The van der Waals surface area contributed by atoms with E-state index in [9.17, 15) is 35.8 Å². The van der Waals surface area contributed by atoms with Gasteiger partial charge in [-0.05, 0) is 37.7 Å². The predicted molar refractivity (Wildman–Crippen MR) is 89.8 cm³/mol. The number of hydrogen-bond donors (Lipinski definition) is 4. The number of carbonyl (C=O) groups is 2. The first-order valence-electron chi connectivity index (χ1n) is 7.92. The van der Waals surface area contributed by atoms with Crippen LogP contribution in [0.25, 0.3) is 0 Å². The molecule has 14 heteroatoms. The Kier molecular flexibility index (Phi) is 13.6. The SMILES string of the molecule is CN(Cc1ccc(F)cc1)CC(O)CCN.O=C(O)C(F)(F)F.O=C(O)C(F)(F)F. The molecule has 0 saturated heterocycles. The highest BCUT2D eigenvalue weighted by Gasteiger charge is 2.38. The number of carboxylic acid groups (broad SMARTS) is 2. The summed E-state index contributed by atoms with van der Waals surface area (Å²) in [7, 11) is 1.92. The van der Waals surface area contributed by atoms with E-state index in [0.717, 1.165) is 5.56 Å². The van der Waals surface area contributed by atoms with Crippen molar-refractivity contribution in [2.45, 2.75) is 31.4 Å². The van der Waals surface area contributed by atoms with Crippen LogP contribution >= 0.6 is 0 Å². The van der Waals surface area contributed by atoms with Crippen molar-refractivity contribution in [3.05, 3.63) is 35.6 Å². The summed E-state index contributed by atoms with van der Waals surface area (Å²) in [5.74, 6) is -5.74. The molecule has 30 heavy (non-hydrogen) atoms. The molecule has 0 saturated carbocycles. The van der Waals surface area contributed by atoms with Crippen molar-refractivity contribution in [2.75, 3.05) is 20.1 Å². The monoisotopic (exact) mass is 454 g/mol. The number of likely N-dealkylation sites (N-methyl/N-ethyl adjacent to an activating group) is 1. The molecule has 0 spiro atoms. The van der Waals surface area contributed by atoms with Gasteiger partial charge in [-0.15, -0.1) is 0 Å². The lowest BCUT2D eigenvalue weighted by atomic mass is 10.2. The number of carboxylic acids is 2. The molecule has 174 valence electrons. The molecule has 0 heterocycles. The average Bonchev–Trinajstić information content (AvgIpc) is 2.56. The summed E-state index contributed by atoms with van der Waals surface area (Å²) in [6.07, 6.45) is -9.95. The molecule has 0 fully saturated rings. The largest absolute Gasteiger partial charge is 0.490 e. The molecule has 1 rings (SSSR count). The van der Waals surface area contributed by atoms with E-state index in [4.69, 9.17) is 25.5 Å². The highest BCUT2D eigenvalue weighted by molar-refractivity contribution is 5.73. The zero-order chi connectivity index (χ0) is 24.1. The maximum Gasteiger partial charge on any atom is 0.490 e. The molecule has 1 aromatic carbocycles. The van der Waals surface area contributed by atoms with Crippen molar-refractivity contribution in [1.82, 2.24) is 4.90 Å². The van der Waals surface area contributed by atoms with Gasteiger partial charge in [-0.25, -0.2) is 14.0 Å². The fraction of sp³-hybridized carbons (Fsp3) is 0.500. The molecular formula is C16H21F7N2O5. The summed E-state index contributed by atoms with van der Waals surface area (Å²) in [5, 5.41) is 23.8. The Morgan fingerprint density at radius 2 is 1.37 bits per heavy atom. The molecule has 0 aliphatic carbocycles. The lowest BCUT2D eigenvalue weighted by Gasteiger charge is -2.20. The second-order valence-corrected chi connectivity index (χ2v) is 5.66. The van der Waals surface area contributed by atoms with Crippen LogP contribution in [0.4, 0.5) is 30.7 Å². The van der Waals surface area contributed by atoms with Gasteiger partial charge >= 0.3 is 24.3 Å². The van der Waals surface area contributed by atoms with Crippen molar-refractivity contribution >= 4 is 11.9 Å². The second kappa shape index (κ2) is 13.7. The molecule has 1 atom stereocenters. The maximum absolute atomic E-state index is 12.7. The van der Waals surface area contributed by atoms with Crippen molar-refractivity contribution < 1.29 is 55.6 Å². The van der Waals surface area contributed by atoms with Crippen LogP contribution < -0.4 is 5.73 Å². The first-order chi connectivity index (χ1) is 13.5. The molecule has 1 unspecified atom stereocenters. The fourth-order valence-electron chi connectivity index (χ4n) is 1.61. The summed E-state index contributed by atoms with van der Waals surface area (Å²) in [4.78, 5) is 19.8. The number of hydrogen-bond acceptors (Lipinski definition) is 5. The second-order valence-electron chi connectivity index (χ2n) is 5.66. The number of halogens is 7. The number of alkyl halides is 6. The first kappa shape index (κ1) is 29.7. The van der Waals surface area contributed by atoms with Gasteiger partial charge in [0.1, 0.15) is 5.82 Å². The Morgan fingerprint density at radius 1 is 1.00 bits per heavy atom. The Bertz CT molecular complexity index is 612. The summed E-state index contributed by atoms with van der Waals surface area (Å²) >= 11 is 0. The third kappa shape index (κ3) is 16.5. The van der Waals surface area contributed by atoms with Gasteiger partial charge in [-0.3, -0.25) is 4.90 Å². The molecule has 0 aromatic heterocycles. The van der Waals surface area contributed by atoms with E-state index in [1.165, 1.54) is 12.1 Å². The predicted octanol–water partition coefficient (Wildman–Crippen LogP) is 2.23. The van der Waals surface area contributed by atoms with Crippen molar-refractivity contribution in [3.8, 4) is 0 Å². The minimum Gasteiger partial charge on any atom is -0.475 e. The van der Waals surface area contributed by atoms with Gasteiger partial charge in [0.2, 0.25) is 0 Å². The molecule has 0 aliphatic rings. The maximum atomic E-state index is 12.7. The molecule has 0 radical (unpaired) electrons. The van der Waals surface area contributed by atoms with Crippen LogP contribution in [0.2, 0.25) is 0 Å². The van der Waals surface area contributed by atoms with Gasteiger partial charge in [0.05, 0.1) is 6.10 Å². The molecule has 0 aliphatic heterocycles. The Labute approximate surface area is 166 Å². The first-order valence-corrected chi connectivity index (χ1v) is 7.92. The highest BCUT2D eigenvalue weighted by Crippen LogP contribution is 2.13. The molecule has 0 bridgehead atoms. The Morgan fingerprint density at radius 3 is 1.67 bits per heavy atom. The lowest BCUT2D eigenvalue weighted by Crippen LogP contribution is -2.30. The fourth-order valence-corrected chi connectivity index (χ4v) is 1.61. The van der Waals surface area contributed by atoms with Gasteiger partial charge in [-0.2, -0.15) is 26.3 Å². The van der Waals surface area contributed by atoms with Gasteiger partial charge in [0.15, 0.2) is 0 Å². The number of rotatable bonds is 6. The van der Waals surface area contributed by atoms with E-state index in [2.05, 4.69) is 0 Å². The topological polar surface area (TPSA) is 124 Å². The normalized spacial score (nSPS) is 12.2. The number of aliphatic carboxylic acids is 2. The summed E-state index contributed by atoms with van der Waals surface area (Å²) in [6, 6.07) is 6.39. The number of aliphatic hydroxyl groups excluding tert-OH is 1. The van der Waals surface area contributed by atoms with Gasteiger partial charge < -0.3 is 21.1 Å². The summed E-state index contributed by atoms with van der Waals surface area (Å²) in [5.41, 5.74) is 6.39. The van der Waals surface area contributed by atoms with Crippen LogP contribution in [-0.2, 0) is 16.1 Å². The number of aliphatic hydroxyl groups is 1. The van der Waals surface area contributed by atoms with Crippen LogP contribution in [0, 0.1) is 5.82 Å². The van der Waals surface area contributed by atoms with E-state index in [1.54, 1.807) is 12.1 Å². The lowest BCUT2D eigenvalue weighted by molar-refractivity contribution is -0.193. The molecule has 0 amide bonds. The third-order valence-corrected chi connectivity index (χ3v) is 2.87. The van der Waals surface area contributed by atoms with E-state index in [-0.39, 0.29) is 5.82 Å². The van der Waals surface area contributed by atoms with E-state index in [1.807, 2.05) is 11.9 Å². The number of benzene rings is 1. The van der Waals surface area contributed by atoms with E-state index >= 15 is 0 Å². The number of nitrogens with zero attached hydrogens (tertiary/aromatic N) is 1. The molecule has 5 N–H and O–H groups in total. The van der Waals surface area contributed by atoms with Crippen LogP contribution in [0.1, 0.15) is 12.0 Å². The van der Waals surface area contributed by atoms with Gasteiger partial charge in [0, 0.05) is 13.1 Å². The van der Waals surface area contributed by atoms with Crippen LogP contribution in [0.5, 0.6) is 0 Å². The van der Waals surface area contributed by atoms with Crippen molar-refractivity contribution in [1.29, 1.82) is 0 Å². The average molecular weight is 454 g/mol. The van der Waals surface area contributed by atoms with Gasteiger partial charge in [-0.1, -0.05) is 12.1 Å². The summed E-state index contributed by atoms with van der Waals surface area (Å²) < 4.78 is 76.1. The van der Waals surface area contributed by atoms with Crippen LogP contribution in [0.15, 0.2) is 24.3 Å². The van der Waals surface area contributed by atoms with Crippen LogP contribution in [0.3, 0.4) is 0 Å². The van der Waals surface area contributed by atoms with Crippen molar-refractivity contribution in [2.24, 2.45) is 5.73 Å². The van der Waals surface area contributed by atoms with Gasteiger partial charge in [0.25, 0.3) is 0 Å². The molecule has 1 aromatic rings. The van der Waals surface area contributed by atoms with Crippen molar-refractivity contribution in [3.63, 3.8) is 0 Å². The standard InChI is InChI=1S/C12H19FN2O.2C2HF3O2/c1-15(9-12(16)6-7-14)8-10-2-4-11(13)5-3-10;2*3-2(4,5)1(6)7/h2-5,12,16H,6-9,14H2,1H3;2*(H,6,7). The summed E-state index contributed by atoms with van der Waals surface area (Å²) in [6.45, 7) is 1.77. The van der Waals surface area contributed by atoms with E-state index < -0.39 is 30.4 Å². The zero-order valence-electron chi connectivity index (χ0n) is 15.5. The third-order valence-electron chi connectivity index (χ3n) is 2.87. The quantitative estimate of drug-likeness (QED) is 0.486. The van der Waals surface area contributed by atoms with Crippen LogP contribution in [-0.4, -0.2) is 70.8 Å². The molecule has 7 nitrogen and oxygen atoms in total. The number of nitrogens with two attached hydrogens (primary N) is 1. The smallest absolute Gasteiger partial charge is 0.475 e. The Hall–Kier alpha value is -2.45. The Balaban J connectivity index is 0. The molecular weight excluding hydrogens is 433 g/mol. The van der Waals surface area contributed by atoms with E-state index in [0.29, 0.717) is 26.1 Å². The zero-order valence-corrected chi connectivity index (χ0v) is 15.5. The minimum absolute atomic E-state index is 0.227. The highest BCUT2D eigenvalue weighted by atomic mass is 19.4. The minimum atomic E-state index is -5.08.